The van der Waals surface area contributed by atoms with Crippen LogP contribution in [0.4, 0.5) is 22.7 Å². The zero-order valence-electron chi connectivity index (χ0n) is 16.3. The van der Waals surface area contributed by atoms with Crippen molar-refractivity contribution in [1.29, 1.82) is 0 Å². The second kappa shape index (κ2) is 9.01. The monoisotopic (exact) mass is 525 g/mol. The normalized spacial score (nSPS) is 11.9. The SMILES string of the molecule is CCNc1c(I)ccc2ccc3c(c12)Nc1ccc(N(CC)CC)cc1S3.Cl. The summed E-state index contributed by atoms with van der Waals surface area (Å²) in [6.07, 6.45) is 0. The van der Waals surface area contributed by atoms with Gasteiger partial charge in [0.2, 0.25) is 0 Å². The van der Waals surface area contributed by atoms with Crippen LogP contribution in [0.15, 0.2) is 52.3 Å². The smallest absolute Gasteiger partial charge is 0.0627 e. The summed E-state index contributed by atoms with van der Waals surface area (Å²) in [5.41, 5.74) is 4.93. The van der Waals surface area contributed by atoms with Crippen molar-refractivity contribution in [1.82, 2.24) is 0 Å². The number of nitrogens with zero attached hydrogens (tertiary/aromatic N) is 1. The first-order valence-corrected chi connectivity index (χ1v) is 11.4. The Hall–Kier alpha value is -1.31. The van der Waals surface area contributed by atoms with E-state index in [2.05, 4.69) is 101 Å². The molecule has 1 aliphatic rings. The maximum absolute atomic E-state index is 3.73. The molecule has 0 atom stereocenters. The number of halogens is 2. The van der Waals surface area contributed by atoms with E-state index in [-0.39, 0.29) is 12.4 Å². The highest BCUT2D eigenvalue weighted by Crippen LogP contribution is 2.49. The Labute approximate surface area is 191 Å². The van der Waals surface area contributed by atoms with E-state index in [9.17, 15) is 0 Å². The fourth-order valence-electron chi connectivity index (χ4n) is 3.67. The molecule has 0 amide bonds. The molecule has 0 spiro atoms. The Morgan fingerprint density at radius 3 is 2.46 bits per heavy atom. The van der Waals surface area contributed by atoms with Crippen LogP contribution in [0, 0.1) is 3.57 Å². The minimum Gasteiger partial charge on any atom is -0.384 e. The topological polar surface area (TPSA) is 27.3 Å². The van der Waals surface area contributed by atoms with Crippen molar-refractivity contribution in [2.75, 3.05) is 35.2 Å². The number of anilines is 4. The highest BCUT2D eigenvalue weighted by atomic mass is 127. The van der Waals surface area contributed by atoms with E-state index < -0.39 is 0 Å². The number of benzene rings is 3. The first-order valence-electron chi connectivity index (χ1n) is 9.49. The van der Waals surface area contributed by atoms with Crippen LogP contribution in [-0.4, -0.2) is 19.6 Å². The van der Waals surface area contributed by atoms with Gasteiger partial charge in [-0.2, -0.15) is 0 Å². The zero-order chi connectivity index (χ0) is 19.0. The van der Waals surface area contributed by atoms with Crippen molar-refractivity contribution >= 4 is 80.3 Å². The molecule has 0 saturated heterocycles. The lowest BCUT2D eigenvalue weighted by atomic mass is 10.1. The molecule has 2 N–H and O–H groups in total. The molecule has 148 valence electrons. The Kier molecular flexibility index (Phi) is 6.89. The van der Waals surface area contributed by atoms with E-state index in [0.29, 0.717) is 0 Å². The molecular formula is C22H25ClIN3S. The lowest BCUT2D eigenvalue weighted by Gasteiger charge is -2.27. The molecule has 6 heteroatoms. The Bertz CT molecular complexity index is 1000. The van der Waals surface area contributed by atoms with Gasteiger partial charge in [0, 0.05) is 44.1 Å². The van der Waals surface area contributed by atoms with Gasteiger partial charge in [-0.05, 0) is 79.1 Å². The summed E-state index contributed by atoms with van der Waals surface area (Å²) >= 11 is 4.29. The number of fused-ring (bicyclic) bond motifs is 4. The molecule has 0 bridgehead atoms. The molecule has 28 heavy (non-hydrogen) atoms. The van der Waals surface area contributed by atoms with E-state index >= 15 is 0 Å². The maximum atomic E-state index is 3.73. The molecule has 0 aromatic heterocycles. The van der Waals surface area contributed by atoms with Crippen LogP contribution in [-0.2, 0) is 0 Å². The van der Waals surface area contributed by atoms with Crippen LogP contribution in [0.5, 0.6) is 0 Å². The molecular weight excluding hydrogens is 501 g/mol. The van der Waals surface area contributed by atoms with E-state index in [0.717, 1.165) is 19.6 Å². The summed E-state index contributed by atoms with van der Waals surface area (Å²) in [4.78, 5) is 4.97. The number of nitrogens with one attached hydrogen (secondary N) is 2. The highest BCUT2D eigenvalue weighted by molar-refractivity contribution is 14.1. The molecule has 0 aliphatic carbocycles. The van der Waals surface area contributed by atoms with Crippen LogP contribution in [0.25, 0.3) is 10.8 Å². The molecule has 4 rings (SSSR count). The highest BCUT2D eigenvalue weighted by Gasteiger charge is 2.21. The van der Waals surface area contributed by atoms with Crippen molar-refractivity contribution in [3.8, 4) is 0 Å². The van der Waals surface area contributed by atoms with Crippen molar-refractivity contribution in [2.45, 2.75) is 30.6 Å². The van der Waals surface area contributed by atoms with Gasteiger partial charge in [-0.3, -0.25) is 0 Å². The van der Waals surface area contributed by atoms with Crippen LogP contribution in [0.1, 0.15) is 20.8 Å². The standard InChI is InChI=1S/C22H24IN3S.ClH/c1-4-24-21-16(23)10-7-14-8-12-18-22(20(14)21)25-17-11-9-15(13-19(17)27-18)26(5-2)6-3;/h7-13,24-25H,4-6H2,1-3H3;1H. The number of rotatable bonds is 5. The lowest BCUT2D eigenvalue weighted by Crippen LogP contribution is -2.21. The van der Waals surface area contributed by atoms with Crippen molar-refractivity contribution < 1.29 is 0 Å². The number of hydrogen-bond donors (Lipinski definition) is 2. The third kappa shape index (κ3) is 3.76. The molecule has 0 radical (unpaired) electrons. The lowest BCUT2D eigenvalue weighted by molar-refractivity contribution is 0.864. The van der Waals surface area contributed by atoms with Crippen LogP contribution in [0.2, 0.25) is 0 Å². The third-order valence-corrected chi connectivity index (χ3v) is 7.04. The van der Waals surface area contributed by atoms with Crippen LogP contribution < -0.4 is 15.5 Å². The quantitative estimate of drug-likeness (QED) is 0.266. The Morgan fingerprint density at radius 1 is 1.00 bits per heavy atom. The van der Waals surface area contributed by atoms with Gasteiger partial charge in [-0.15, -0.1) is 12.4 Å². The molecule has 3 aromatic carbocycles. The summed E-state index contributed by atoms with van der Waals surface area (Å²) in [6, 6.07) is 15.6. The number of hydrogen-bond acceptors (Lipinski definition) is 4. The van der Waals surface area contributed by atoms with Gasteiger partial charge in [0.25, 0.3) is 0 Å². The van der Waals surface area contributed by atoms with E-state index in [1.807, 2.05) is 11.8 Å². The van der Waals surface area contributed by atoms with Crippen LogP contribution >= 0.6 is 46.8 Å². The fourth-order valence-corrected chi connectivity index (χ4v) is 5.35. The summed E-state index contributed by atoms with van der Waals surface area (Å²) in [6.45, 7) is 9.53. The van der Waals surface area contributed by atoms with Crippen LogP contribution in [0.3, 0.4) is 0 Å². The molecule has 0 saturated carbocycles. The Morgan fingerprint density at radius 2 is 1.75 bits per heavy atom. The van der Waals surface area contributed by atoms with E-state index in [1.54, 1.807) is 0 Å². The van der Waals surface area contributed by atoms with Gasteiger partial charge < -0.3 is 15.5 Å². The summed E-state index contributed by atoms with van der Waals surface area (Å²) in [5.74, 6) is 0. The summed E-state index contributed by atoms with van der Waals surface area (Å²) in [7, 11) is 0. The molecule has 3 nitrogen and oxygen atoms in total. The van der Waals surface area contributed by atoms with Crippen molar-refractivity contribution in [2.24, 2.45) is 0 Å². The van der Waals surface area contributed by atoms with E-state index in [4.69, 9.17) is 0 Å². The van der Waals surface area contributed by atoms with Gasteiger partial charge in [-0.1, -0.05) is 23.9 Å². The minimum atomic E-state index is 0. The largest absolute Gasteiger partial charge is 0.384 e. The predicted molar refractivity (Wildman–Crippen MR) is 135 cm³/mol. The predicted octanol–water partition coefficient (Wildman–Crippen LogP) is 7.35. The molecule has 1 aliphatic heterocycles. The first-order chi connectivity index (χ1) is 13.2. The summed E-state index contributed by atoms with van der Waals surface area (Å²) in [5, 5.41) is 9.85. The third-order valence-electron chi connectivity index (χ3n) is 5.02. The fraction of sp³-hybridized carbons (Fsp3) is 0.273. The van der Waals surface area contributed by atoms with Crippen molar-refractivity contribution in [3.05, 3.63) is 46.0 Å². The van der Waals surface area contributed by atoms with Gasteiger partial charge in [0.15, 0.2) is 0 Å². The Balaban J connectivity index is 0.00000225. The van der Waals surface area contributed by atoms with Gasteiger partial charge >= 0.3 is 0 Å². The minimum absolute atomic E-state index is 0. The first kappa shape index (κ1) is 21.4. The maximum Gasteiger partial charge on any atom is 0.0627 e. The zero-order valence-corrected chi connectivity index (χ0v) is 20.1. The van der Waals surface area contributed by atoms with Gasteiger partial charge in [0.1, 0.15) is 0 Å². The molecule has 0 fully saturated rings. The van der Waals surface area contributed by atoms with Gasteiger partial charge in [0.05, 0.1) is 17.1 Å². The van der Waals surface area contributed by atoms with Crippen molar-refractivity contribution in [3.63, 3.8) is 0 Å². The average molecular weight is 526 g/mol. The average Bonchev–Trinajstić information content (AvgIpc) is 2.69. The van der Waals surface area contributed by atoms with E-state index in [1.165, 1.54) is 46.9 Å². The van der Waals surface area contributed by atoms with Gasteiger partial charge in [-0.25, -0.2) is 0 Å². The second-order valence-electron chi connectivity index (χ2n) is 6.57. The second-order valence-corrected chi connectivity index (χ2v) is 8.82. The molecule has 1 heterocycles. The summed E-state index contributed by atoms with van der Waals surface area (Å²) < 4.78 is 1.25. The molecule has 3 aromatic rings. The molecule has 0 unspecified atom stereocenters.